The number of benzene rings is 1. The third kappa shape index (κ3) is 6.46. The van der Waals surface area contributed by atoms with Crippen LogP contribution < -0.4 is 5.73 Å². The molecule has 1 aromatic carbocycles. The van der Waals surface area contributed by atoms with Crippen molar-refractivity contribution < 1.29 is 14.7 Å². The Labute approximate surface area is 210 Å². The fourth-order valence-electron chi connectivity index (χ4n) is 3.75. The molecule has 33 heavy (non-hydrogen) atoms. The van der Waals surface area contributed by atoms with Gasteiger partial charge in [0.1, 0.15) is 11.3 Å². The number of hydrogen-bond donors (Lipinski definition) is 2. The Hall–Kier alpha value is -2.16. The van der Waals surface area contributed by atoms with Crippen molar-refractivity contribution in [2.75, 3.05) is 26.7 Å². The molecule has 0 unspecified atom stereocenters. The standard InChI is InChI=1S/C23H27ClN4O3.2ClH/c1-3-6-19-21(20(30)14-27(2)11-12-29)16-9-10-18(22(25)31)26-23(16)28(19)13-15-7-4-5-8-17(15)24;;/h4-5,7-10,29H,3,6,11-14H2,1-2H3,(H2,25,31);2*1H. The number of aliphatic hydroxyl groups excluding tert-OH is 1. The van der Waals surface area contributed by atoms with Gasteiger partial charge in [-0.3, -0.25) is 14.5 Å². The minimum atomic E-state index is -0.625. The monoisotopic (exact) mass is 514 g/mol. The second kappa shape index (κ2) is 12.9. The molecule has 0 saturated carbocycles. The van der Waals surface area contributed by atoms with E-state index in [0.29, 0.717) is 41.1 Å². The van der Waals surface area contributed by atoms with Gasteiger partial charge in [0, 0.05) is 28.2 Å². The molecule has 2 heterocycles. The molecule has 0 spiro atoms. The van der Waals surface area contributed by atoms with Crippen molar-refractivity contribution in [1.82, 2.24) is 14.5 Å². The highest BCUT2D eigenvalue weighted by Gasteiger charge is 2.25. The number of nitrogens with two attached hydrogens (primary N) is 1. The summed E-state index contributed by atoms with van der Waals surface area (Å²) in [4.78, 5) is 31.4. The van der Waals surface area contributed by atoms with Crippen LogP contribution >= 0.6 is 36.4 Å². The molecule has 3 aromatic rings. The average Bonchev–Trinajstić information content (AvgIpc) is 3.02. The van der Waals surface area contributed by atoms with Gasteiger partial charge in [-0.2, -0.15) is 0 Å². The predicted octanol–water partition coefficient (Wildman–Crippen LogP) is 3.74. The van der Waals surface area contributed by atoms with Gasteiger partial charge >= 0.3 is 0 Å². The Kier molecular flexibility index (Phi) is 11.3. The number of hydrogen-bond acceptors (Lipinski definition) is 5. The first kappa shape index (κ1) is 28.9. The van der Waals surface area contributed by atoms with Gasteiger partial charge in [-0.1, -0.05) is 43.1 Å². The van der Waals surface area contributed by atoms with Gasteiger partial charge < -0.3 is 15.4 Å². The Morgan fingerprint density at radius 2 is 1.88 bits per heavy atom. The molecular formula is C23H29Cl3N4O3. The number of fused-ring (bicyclic) bond motifs is 1. The molecule has 0 aliphatic rings. The zero-order chi connectivity index (χ0) is 22.5. The molecule has 0 saturated heterocycles. The highest BCUT2D eigenvalue weighted by Crippen LogP contribution is 2.29. The van der Waals surface area contributed by atoms with Crippen LogP contribution in [0.2, 0.25) is 5.02 Å². The number of nitrogens with zero attached hydrogens (tertiary/aromatic N) is 3. The van der Waals surface area contributed by atoms with Gasteiger partial charge in [0.05, 0.1) is 19.7 Å². The number of Topliss-reactive ketones (excluding diaryl/α,β-unsaturated/α-hetero) is 1. The fraction of sp³-hybridized carbons (Fsp3) is 0.348. The van der Waals surface area contributed by atoms with Crippen LogP contribution in [0.1, 0.15) is 45.4 Å². The highest BCUT2D eigenvalue weighted by molar-refractivity contribution is 6.31. The van der Waals surface area contributed by atoms with E-state index in [1.54, 1.807) is 24.1 Å². The first-order valence-corrected chi connectivity index (χ1v) is 10.6. The number of ketones is 1. The maximum absolute atomic E-state index is 13.3. The van der Waals surface area contributed by atoms with Gasteiger partial charge in [-0.15, -0.1) is 24.8 Å². The van der Waals surface area contributed by atoms with E-state index in [-0.39, 0.29) is 49.4 Å². The van der Waals surface area contributed by atoms with Crippen molar-refractivity contribution in [2.45, 2.75) is 26.3 Å². The quantitative estimate of drug-likeness (QED) is 0.401. The third-order valence-electron chi connectivity index (χ3n) is 5.21. The van der Waals surface area contributed by atoms with Gasteiger partial charge in [0.25, 0.3) is 5.91 Å². The van der Waals surface area contributed by atoms with E-state index in [1.165, 1.54) is 0 Å². The molecule has 3 N–H and O–H groups in total. The molecule has 10 heteroatoms. The summed E-state index contributed by atoms with van der Waals surface area (Å²) in [5.74, 6) is -0.684. The Morgan fingerprint density at radius 1 is 1.18 bits per heavy atom. The van der Waals surface area contributed by atoms with Gasteiger partial charge in [-0.25, -0.2) is 4.98 Å². The lowest BCUT2D eigenvalue weighted by atomic mass is 10.0. The minimum absolute atomic E-state index is 0. The Morgan fingerprint density at radius 3 is 2.48 bits per heavy atom. The van der Waals surface area contributed by atoms with E-state index in [0.717, 1.165) is 17.7 Å². The van der Waals surface area contributed by atoms with Crippen molar-refractivity contribution in [3.05, 3.63) is 63.9 Å². The van der Waals surface area contributed by atoms with Crippen molar-refractivity contribution >= 4 is 59.1 Å². The second-order valence-electron chi connectivity index (χ2n) is 7.57. The van der Waals surface area contributed by atoms with Crippen LogP contribution in [0.5, 0.6) is 0 Å². The zero-order valence-electron chi connectivity index (χ0n) is 18.6. The lowest BCUT2D eigenvalue weighted by molar-refractivity contribution is 0.0935. The molecule has 0 aliphatic carbocycles. The average molecular weight is 516 g/mol. The number of pyridine rings is 1. The summed E-state index contributed by atoms with van der Waals surface area (Å²) in [6.07, 6.45) is 1.49. The summed E-state index contributed by atoms with van der Waals surface area (Å²) in [6.45, 7) is 3.01. The number of likely N-dealkylation sites (N-methyl/N-ethyl adjacent to an activating group) is 1. The van der Waals surface area contributed by atoms with Crippen molar-refractivity contribution in [1.29, 1.82) is 0 Å². The Bertz CT molecular complexity index is 1120. The number of carbonyl (C=O) groups excluding carboxylic acids is 2. The Balaban J connectivity index is 0.00000272. The van der Waals surface area contributed by atoms with Crippen molar-refractivity contribution in [3.63, 3.8) is 0 Å². The van der Waals surface area contributed by atoms with Crippen molar-refractivity contribution in [2.24, 2.45) is 5.73 Å². The number of halogens is 3. The summed E-state index contributed by atoms with van der Waals surface area (Å²) >= 11 is 6.40. The highest BCUT2D eigenvalue weighted by atomic mass is 35.5. The predicted molar refractivity (Wildman–Crippen MR) is 136 cm³/mol. The summed E-state index contributed by atoms with van der Waals surface area (Å²) in [5.41, 5.74) is 8.48. The minimum Gasteiger partial charge on any atom is -0.395 e. The largest absolute Gasteiger partial charge is 0.395 e. The third-order valence-corrected chi connectivity index (χ3v) is 5.58. The van der Waals surface area contributed by atoms with Crippen LogP contribution in [-0.2, 0) is 13.0 Å². The van der Waals surface area contributed by atoms with Gasteiger partial charge in [0.2, 0.25) is 0 Å². The number of aromatic nitrogens is 2. The molecule has 0 bridgehead atoms. The van der Waals surface area contributed by atoms with Crippen LogP contribution in [-0.4, -0.2) is 58.0 Å². The van der Waals surface area contributed by atoms with E-state index in [1.807, 2.05) is 35.8 Å². The molecule has 0 radical (unpaired) electrons. The molecule has 2 aromatic heterocycles. The van der Waals surface area contributed by atoms with Crippen LogP contribution in [0.3, 0.4) is 0 Å². The second-order valence-corrected chi connectivity index (χ2v) is 7.97. The number of primary amides is 1. The van der Waals surface area contributed by atoms with Crippen LogP contribution in [0, 0.1) is 0 Å². The number of aliphatic hydroxyl groups is 1. The molecule has 0 aliphatic heterocycles. The molecule has 0 atom stereocenters. The lowest BCUT2D eigenvalue weighted by Gasteiger charge is -2.15. The molecule has 3 rings (SSSR count). The van der Waals surface area contributed by atoms with Gasteiger partial charge in [-0.05, 0) is 37.2 Å². The zero-order valence-corrected chi connectivity index (χ0v) is 21.0. The van der Waals surface area contributed by atoms with E-state index in [9.17, 15) is 14.7 Å². The lowest BCUT2D eigenvalue weighted by Crippen LogP contribution is -2.29. The van der Waals surface area contributed by atoms with E-state index in [4.69, 9.17) is 17.3 Å². The smallest absolute Gasteiger partial charge is 0.267 e. The summed E-state index contributed by atoms with van der Waals surface area (Å²) in [6, 6.07) is 10.8. The molecule has 0 fully saturated rings. The van der Waals surface area contributed by atoms with Gasteiger partial charge in [0.15, 0.2) is 5.78 Å². The summed E-state index contributed by atoms with van der Waals surface area (Å²) < 4.78 is 1.96. The fourth-order valence-corrected chi connectivity index (χ4v) is 3.95. The first-order chi connectivity index (χ1) is 14.9. The normalized spacial score (nSPS) is 10.7. The van der Waals surface area contributed by atoms with Crippen LogP contribution in [0.4, 0.5) is 0 Å². The van der Waals surface area contributed by atoms with E-state index < -0.39 is 5.91 Å². The molecule has 180 valence electrons. The van der Waals surface area contributed by atoms with E-state index in [2.05, 4.69) is 4.98 Å². The molecule has 7 nitrogen and oxygen atoms in total. The number of carbonyl (C=O) groups is 2. The van der Waals surface area contributed by atoms with Crippen molar-refractivity contribution in [3.8, 4) is 0 Å². The molecule has 1 amide bonds. The number of rotatable bonds is 10. The molecular weight excluding hydrogens is 487 g/mol. The maximum atomic E-state index is 13.3. The van der Waals surface area contributed by atoms with Crippen LogP contribution in [0.15, 0.2) is 36.4 Å². The SMILES string of the molecule is CCCc1c(C(=O)CN(C)CCO)c2ccc(C(N)=O)nc2n1Cc1ccccc1Cl.Cl.Cl. The summed E-state index contributed by atoms with van der Waals surface area (Å²) in [5, 5.41) is 10.5. The first-order valence-electron chi connectivity index (χ1n) is 10.2. The van der Waals surface area contributed by atoms with E-state index >= 15 is 0 Å². The number of amides is 1. The summed E-state index contributed by atoms with van der Waals surface area (Å²) in [7, 11) is 1.79. The topological polar surface area (TPSA) is 101 Å². The van der Waals surface area contributed by atoms with Crippen LogP contribution in [0.25, 0.3) is 11.0 Å². The maximum Gasteiger partial charge on any atom is 0.267 e.